The number of nitrogens with zero attached hydrogens (tertiary/aromatic N) is 1. The summed E-state index contributed by atoms with van der Waals surface area (Å²) < 4.78 is 13.2. The van der Waals surface area contributed by atoms with Crippen LogP contribution in [0.4, 0.5) is 10.1 Å². The maximum atomic E-state index is 13.2. The standard InChI is InChI=1S/C11H14ClFN2/c12-10-2-1-9(5-11(10)13)15-4-3-8(6-14)7-15/h1-2,5,8H,3-4,6-7,14H2. The van der Waals surface area contributed by atoms with Crippen molar-refractivity contribution in [3.8, 4) is 0 Å². The lowest BCUT2D eigenvalue weighted by Gasteiger charge is -2.18. The first-order chi connectivity index (χ1) is 7.20. The van der Waals surface area contributed by atoms with Crippen LogP contribution in [0.25, 0.3) is 0 Å². The Labute approximate surface area is 93.8 Å². The minimum atomic E-state index is -0.356. The first-order valence-electron chi connectivity index (χ1n) is 5.11. The van der Waals surface area contributed by atoms with Crippen LogP contribution >= 0.6 is 11.6 Å². The number of rotatable bonds is 2. The molecule has 1 aromatic carbocycles. The van der Waals surface area contributed by atoms with Gasteiger partial charge in [-0.05, 0) is 37.1 Å². The summed E-state index contributed by atoms with van der Waals surface area (Å²) in [5, 5.41) is 0.174. The van der Waals surface area contributed by atoms with Crippen LogP contribution < -0.4 is 10.6 Å². The van der Waals surface area contributed by atoms with Gasteiger partial charge in [-0.2, -0.15) is 0 Å². The van der Waals surface area contributed by atoms with Crippen LogP contribution in [0.1, 0.15) is 6.42 Å². The molecular formula is C11H14ClFN2. The Bertz CT molecular complexity index is 356. The highest BCUT2D eigenvalue weighted by atomic mass is 35.5. The summed E-state index contributed by atoms with van der Waals surface area (Å²) in [6, 6.07) is 4.94. The molecular weight excluding hydrogens is 215 g/mol. The Balaban J connectivity index is 2.13. The van der Waals surface area contributed by atoms with Crippen LogP contribution in [0.3, 0.4) is 0 Å². The Morgan fingerprint density at radius 2 is 2.33 bits per heavy atom. The third-order valence-electron chi connectivity index (χ3n) is 2.89. The fourth-order valence-electron chi connectivity index (χ4n) is 1.94. The SMILES string of the molecule is NCC1CCN(c2ccc(Cl)c(F)c2)C1. The van der Waals surface area contributed by atoms with Crippen molar-refractivity contribution in [3.63, 3.8) is 0 Å². The van der Waals surface area contributed by atoms with E-state index in [0.717, 1.165) is 25.2 Å². The van der Waals surface area contributed by atoms with E-state index in [2.05, 4.69) is 4.90 Å². The molecule has 1 aromatic rings. The first kappa shape index (κ1) is 10.7. The number of hydrogen-bond acceptors (Lipinski definition) is 2. The van der Waals surface area contributed by atoms with Crippen molar-refractivity contribution in [2.75, 3.05) is 24.5 Å². The van der Waals surface area contributed by atoms with Gasteiger partial charge in [0, 0.05) is 18.8 Å². The second-order valence-corrected chi connectivity index (χ2v) is 4.34. The van der Waals surface area contributed by atoms with Crippen molar-refractivity contribution in [2.24, 2.45) is 11.7 Å². The third-order valence-corrected chi connectivity index (χ3v) is 3.19. The molecule has 1 unspecified atom stereocenters. The monoisotopic (exact) mass is 228 g/mol. The number of hydrogen-bond donors (Lipinski definition) is 1. The molecule has 82 valence electrons. The molecule has 2 nitrogen and oxygen atoms in total. The Morgan fingerprint density at radius 3 is 2.93 bits per heavy atom. The van der Waals surface area contributed by atoms with Gasteiger partial charge in [-0.15, -0.1) is 0 Å². The van der Waals surface area contributed by atoms with Gasteiger partial charge >= 0.3 is 0 Å². The van der Waals surface area contributed by atoms with E-state index in [1.165, 1.54) is 6.07 Å². The average molecular weight is 229 g/mol. The van der Waals surface area contributed by atoms with Crippen molar-refractivity contribution >= 4 is 17.3 Å². The van der Waals surface area contributed by atoms with Gasteiger partial charge in [-0.1, -0.05) is 11.6 Å². The van der Waals surface area contributed by atoms with Crippen molar-refractivity contribution in [3.05, 3.63) is 29.0 Å². The Kier molecular flexibility index (Phi) is 3.12. The molecule has 0 bridgehead atoms. The summed E-state index contributed by atoms with van der Waals surface area (Å²) >= 11 is 5.63. The van der Waals surface area contributed by atoms with Crippen LogP contribution in [0.2, 0.25) is 5.02 Å². The predicted octanol–water partition coefficient (Wildman–Crippen LogP) is 2.26. The zero-order chi connectivity index (χ0) is 10.8. The highest BCUT2D eigenvalue weighted by Crippen LogP contribution is 2.26. The molecule has 0 aliphatic carbocycles. The third kappa shape index (κ3) is 2.24. The van der Waals surface area contributed by atoms with Crippen molar-refractivity contribution in [1.82, 2.24) is 0 Å². The summed E-state index contributed by atoms with van der Waals surface area (Å²) in [5.74, 6) is 0.175. The van der Waals surface area contributed by atoms with E-state index < -0.39 is 0 Å². The smallest absolute Gasteiger partial charge is 0.143 e. The van der Waals surface area contributed by atoms with Crippen LogP contribution in [-0.4, -0.2) is 19.6 Å². The number of halogens is 2. The molecule has 0 radical (unpaired) electrons. The molecule has 0 amide bonds. The van der Waals surface area contributed by atoms with E-state index in [4.69, 9.17) is 17.3 Å². The molecule has 0 aromatic heterocycles. The number of nitrogens with two attached hydrogens (primary N) is 1. The van der Waals surface area contributed by atoms with Gasteiger partial charge in [0.05, 0.1) is 5.02 Å². The van der Waals surface area contributed by atoms with Crippen LogP contribution in [-0.2, 0) is 0 Å². The second-order valence-electron chi connectivity index (χ2n) is 3.93. The van der Waals surface area contributed by atoms with Crippen molar-refractivity contribution in [2.45, 2.75) is 6.42 Å². The minimum Gasteiger partial charge on any atom is -0.371 e. The molecule has 0 saturated carbocycles. The quantitative estimate of drug-likeness (QED) is 0.842. The minimum absolute atomic E-state index is 0.174. The summed E-state index contributed by atoms with van der Waals surface area (Å²) in [4.78, 5) is 2.15. The zero-order valence-corrected chi connectivity index (χ0v) is 9.17. The Morgan fingerprint density at radius 1 is 1.53 bits per heavy atom. The lowest BCUT2D eigenvalue weighted by Crippen LogP contribution is -2.22. The van der Waals surface area contributed by atoms with Gasteiger partial charge in [0.1, 0.15) is 5.82 Å². The van der Waals surface area contributed by atoms with Gasteiger partial charge in [0.25, 0.3) is 0 Å². The van der Waals surface area contributed by atoms with E-state index in [9.17, 15) is 4.39 Å². The molecule has 15 heavy (non-hydrogen) atoms. The highest BCUT2D eigenvalue weighted by Gasteiger charge is 2.21. The summed E-state index contributed by atoms with van der Waals surface area (Å²) in [6.07, 6.45) is 1.08. The molecule has 1 heterocycles. The lowest BCUT2D eigenvalue weighted by molar-refractivity contribution is 0.602. The second kappa shape index (κ2) is 4.37. The van der Waals surface area contributed by atoms with E-state index in [0.29, 0.717) is 12.5 Å². The molecule has 2 N–H and O–H groups in total. The van der Waals surface area contributed by atoms with Gasteiger partial charge < -0.3 is 10.6 Å². The van der Waals surface area contributed by atoms with E-state index in [1.807, 2.05) is 6.07 Å². The fraction of sp³-hybridized carbons (Fsp3) is 0.455. The summed E-state index contributed by atoms with van der Waals surface area (Å²) in [7, 11) is 0. The highest BCUT2D eigenvalue weighted by molar-refractivity contribution is 6.30. The van der Waals surface area contributed by atoms with Crippen LogP contribution in [0.15, 0.2) is 18.2 Å². The maximum absolute atomic E-state index is 13.2. The average Bonchev–Trinajstić information content (AvgIpc) is 2.70. The fourth-order valence-corrected chi connectivity index (χ4v) is 2.06. The Hall–Kier alpha value is -0.800. The molecule has 2 rings (SSSR count). The molecule has 1 aliphatic heterocycles. The predicted molar refractivity (Wildman–Crippen MR) is 60.8 cm³/mol. The lowest BCUT2D eigenvalue weighted by atomic mass is 10.1. The molecule has 1 atom stereocenters. The van der Waals surface area contributed by atoms with Gasteiger partial charge in [-0.25, -0.2) is 4.39 Å². The molecule has 1 aliphatic rings. The van der Waals surface area contributed by atoms with Crippen molar-refractivity contribution in [1.29, 1.82) is 0 Å². The first-order valence-corrected chi connectivity index (χ1v) is 5.48. The summed E-state index contributed by atoms with van der Waals surface area (Å²) in [6.45, 7) is 2.56. The largest absolute Gasteiger partial charge is 0.371 e. The normalized spacial score (nSPS) is 21.0. The van der Waals surface area contributed by atoms with Crippen molar-refractivity contribution < 1.29 is 4.39 Å². The van der Waals surface area contributed by atoms with Gasteiger partial charge in [0.15, 0.2) is 0 Å². The molecule has 4 heteroatoms. The van der Waals surface area contributed by atoms with Gasteiger partial charge in [0.2, 0.25) is 0 Å². The molecule has 1 saturated heterocycles. The zero-order valence-electron chi connectivity index (χ0n) is 8.42. The van der Waals surface area contributed by atoms with Crippen LogP contribution in [0, 0.1) is 11.7 Å². The van der Waals surface area contributed by atoms with E-state index in [-0.39, 0.29) is 10.8 Å². The van der Waals surface area contributed by atoms with Gasteiger partial charge in [-0.3, -0.25) is 0 Å². The topological polar surface area (TPSA) is 29.3 Å². The summed E-state index contributed by atoms with van der Waals surface area (Å²) in [5.41, 5.74) is 6.50. The number of anilines is 1. The maximum Gasteiger partial charge on any atom is 0.143 e. The number of benzene rings is 1. The van der Waals surface area contributed by atoms with E-state index >= 15 is 0 Å². The van der Waals surface area contributed by atoms with E-state index in [1.54, 1.807) is 6.07 Å². The molecule has 0 spiro atoms. The molecule has 1 fully saturated rings. The van der Waals surface area contributed by atoms with Crippen LogP contribution in [0.5, 0.6) is 0 Å².